The number of aromatic nitrogens is 2. The number of nitrogens with zero attached hydrogens (tertiary/aromatic N) is 4. The van der Waals surface area contributed by atoms with Gasteiger partial charge in [-0.05, 0) is 36.4 Å². The summed E-state index contributed by atoms with van der Waals surface area (Å²) in [6.07, 6.45) is 3.76. The lowest BCUT2D eigenvalue weighted by Crippen LogP contribution is -2.37. The highest BCUT2D eigenvalue weighted by Gasteiger charge is 2.33. The summed E-state index contributed by atoms with van der Waals surface area (Å²) < 4.78 is 9.99. The molecule has 1 aliphatic heterocycles. The van der Waals surface area contributed by atoms with E-state index in [1.165, 1.54) is 11.5 Å². The minimum atomic E-state index is -0.202. The molecule has 1 aromatic carbocycles. The summed E-state index contributed by atoms with van der Waals surface area (Å²) in [5.74, 6) is 0.809. The summed E-state index contributed by atoms with van der Waals surface area (Å²) >= 11 is 1.23. The third-order valence-corrected chi connectivity index (χ3v) is 6.38. The molecule has 31 heavy (non-hydrogen) atoms. The Morgan fingerprint density at radius 1 is 1.23 bits per heavy atom. The van der Waals surface area contributed by atoms with Crippen LogP contribution in [0.15, 0.2) is 42.6 Å². The van der Waals surface area contributed by atoms with Crippen molar-refractivity contribution < 1.29 is 9.53 Å². The van der Waals surface area contributed by atoms with Gasteiger partial charge < -0.3 is 15.0 Å². The van der Waals surface area contributed by atoms with Gasteiger partial charge in [0.05, 0.1) is 36.4 Å². The van der Waals surface area contributed by atoms with Crippen molar-refractivity contribution >= 4 is 28.9 Å². The molecule has 0 bridgehead atoms. The lowest BCUT2D eigenvalue weighted by Gasteiger charge is -2.28. The Kier molecular flexibility index (Phi) is 5.37. The lowest BCUT2D eigenvalue weighted by atomic mass is 10.0. The number of rotatable bonds is 5. The molecule has 8 heteroatoms. The predicted molar refractivity (Wildman–Crippen MR) is 119 cm³/mol. The third-order valence-electron chi connectivity index (χ3n) is 5.52. The van der Waals surface area contributed by atoms with E-state index in [1.54, 1.807) is 12.3 Å². The van der Waals surface area contributed by atoms with E-state index >= 15 is 0 Å². The Balaban J connectivity index is 1.41. The molecule has 3 heterocycles. The number of hydrogen-bond acceptors (Lipinski definition) is 7. The number of pyridine rings is 1. The molecule has 1 amide bonds. The van der Waals surface area contributed by atoms with Crippen LogP contribution in [0, 0.1) is 11.3 Å². The van der Waals surface area contributed by atoms with Gasteiger partial charge in [0.15, 0.2) is 0 Å². The van der Waals surface area contributed by atoms with E-state index in [0.717, 1.165) is 29.7 Å². The summed E-state index contributed by atoms with van der Waals surface area (Å²) in [4.78, 5) is 20.3. The van der Waals surface area contributed by atoms with Crippen LogP contribution in [0.25, 0.3) is 11.3 Å². The van der Waals surface area contributed by atoms with E-state index < -0.39 is 0 Å². The van der Waals surface area contributed by atoms with E-state index in [-0.39, 0.29) is 5.91 Å². The van der Waals surface area contributed by atoms with Crippen LogP contribution in [0.1, 0.15) is 39.6 Å². The van der Waals surface area contributed by atoms with E-state index in [1.807, 2.05) is 35.2 Å². The van der Waals surface area contributed by atoms with Crippen LogP contribution in [-0.2, 0) is 4.74 Å². The zero-order valence-electron chi connectivity index (χ0n) is 16.9. The van der Waals surface area contributed by atoms with E-state index in [9.17, 15) is 10.1 Å². The second-order valence-corrected chi connectivity index (χ2v) is 8.45. The fourth-order valence-electron chi connectivity index (χ4n) is 3.84. The summed E-state index contributed by atoms with van der Waals surface area (Å²) in [5, 5.41) is 12.5. The summed E-state index contributed by atoms with van der Waals surface area (Å²) in [6, 6.07) is 13.9. The molecule has 7 nitrogen and oxygen atoms in total. The number of nitriles is 1. The van der Waals surface area contributed by atoms with Crippen molar-refractivity contribution in [2.24, 2.45) is 0 Å². The minimum absolute atomic E-state index is 0.202. The van der Waals surface area contributed by atoms with Gasteiger partial charge in [0.1, 0.15) is 16.8 Å². The Labute approximate surface area is 184 Å². The van der Waals surface area contributed by atoms with Crippen molar-refractivity contribution in [3.8, 4) is 17.3 Å². The van der Waals surface area contributed by atoms with Gasteiger partial charge in [0, 0.05) is 24.2 Å². The topological polar surface area (TPSA) is 91.1 Å². The monoisotopic (exact) mass is 431 g/mol. The summed E-state index contributed by atoms with van der Waals surface area (Å²) in [5.41, 5.74) is 3.92. The summed E-state index contributed by atoms with van der Waals surface area (Å²) in [7, 11) is 0. The largest absolute Gasteiger partial charge is 0.378 e. The molecule has 156 valence electrons. The van der Waals surface area contributed by atoms with Gasteiger partial charge in [-0.1, -0.05) is 30.3 Å². The van der Waals surface area contributed by atoms with Gasteiger partial charge in [0.2, 0.25) is 0 Å². The molecule has 1 saturated carbocycles. The normalized spacial score (nSPS) is 16.0. The maximum Gasteiger partial charge on any atom is 0.267 e. The van der Waals surface area contributed by atoms with Crippen LogP contribution in [0.5, 0.6) is 0 Å². The van der Waals surface area contributed by atoms with Gasteiger partial charge >= 0.3 is 0 Å². The Hall–Kier alpha value is -3.28. The zero-order valence-corrected chi connectivity index (χ0v) is 17.7. The smallest absolute Gasteiger partial charge is 0.267 e. The second-order valence-electron chi connectivity index (χ2n) is 7.67. The maximum atomic E-state index is 13.1. The second kappa shape index (κ2) is 8.46. The first-order valence-electron chi connectivity index (χ1n) is 10.3. The highest BCUT2D eigenvalue weighted by Crippen LogP contribution is 2.47. The molecule has 2 aliphatic rings. The highest BCUT2D eigenvalue weighted by atomic mass is 32.1. The molecule has 5 rings (SSSR count). The number of anilines is 2. The number of benzene rings is 1. The number of amides is 1. The molecular formula is C23H21N5O2S. The molecule has 0 atom stereocenters. The zero-order chi connectivity index (χ0) is 21.2. The maximum absolute atomic E-state index is 13.1. The van der Waals surface area contributed by atoms with Crippen molar-refractivity contribution in [2.75, 3.05) is 36.5 Å². The van der Waals surface area contributed by atoms with Crippen molar-refractivity contribution in [1.29, 1.82) is 5.26 Å². The van der Waals surface area contributed by atoms with Crippen molar-refractivity contribution in [2.45, 2.75) is 18.8 Å². The number of carbonyl (C=O) groups is 1. The molecule has 1 N–H and O–H groups in total. The number of morpholine rings is 1. The lowest BCUT2D eigenvalue weighted by molar-refractivity contribution is 0.102. The van der Waals surface area contributed by atoms with Crippen LogP contribution >= 0.6 is 11.5 Å². The SMILES string of the molecule is N#Cc1cc(NC(=O)c2snc(-c3ccccc3)c2C2CC2)cnc1N1CCOCC1. The van der Waals surface area contributed by atoms with E-state index in [0.29, 0.717) is 54.2 Å². The molecule has 3 aromatic rings. The van der Waals surface area contributed by atoms with Crippen LogP contribution in [0.3, 0.4) is 0 Å². The average Bonchev–Trinajstić information content (AvgIpc) is 3.57. The summed E-state index contributed by atoms with van der Waals surface area (Å²) in [6.45, 7) is 2.62. The van der Waals surface area contributed by atoms with Gasteiger partial charge in [-0.15, -0.1) is 0 Å². The first-order valence-corrected chi connectivity index (χ1v) is 11.1. The highest BCUT2D eigenvalue weighted by molar-refractivity contribution is 7.08. The number of hydrogen-bond donors (Lipinski definition) is 1. The number of carbonyl (C=O) groups excluding carboxylic acids is 1. The molecule has 2 fully saturated rings. The first kappa shape index (κ1) is 19.7. The number of nitrogens with one attached hydrogen (secondary N) is 1. The molecule has 0 spiro atoms. The van der Waals surface area contributed by atoms with Crippen LogP contribution in [-0.4, -0.2) is 41.6 Å². The predicted octanol–water partition coefficient (Wildman–Crippen LogP) is 4.04. The number of ether oxygens (including phenoxy) is 1. The fourth-order valence-corrected chi connectivity index (χ4v) is 4.72. The van der Waals surface area contributed by atoms with Crippen molar-refractivity contribution in [3.05, 3.63) is 58.6 Å². The minimum Gasteiger partial charge on any atom is -0.378 e. The van der Waals surface area contributed by atoms with Gasteiger partial charge in [-0.2, -0.15) is 9.64 Å². The first-order chi connectivity index (χ1) is 15.2. The quantitative estimate of drug-likeness (QED) is 0.656. The van der Waals surface area contributed by atoms with E-state index in [2.05, 4.69) is 20.7 Å². The third kappa shape index (κ3) is 4.02. The molecule has 1 saturated heterocycles. The van der Waals surface area contributed by atoms with Crippen LogP contribution in [0.2, 0.25) is 0 Å². The van der Waals surface area contributed by atoms with Crippen molar-refractivity contribution in [1.82, 2.24) is 9.36 Å². The Bertz CT molecular complexity index is 1140. The standard InChI is InChI=1S/C23H21N5O2S/c24-13-17-12-18(14-25-22(17)28-8-10-30-11-9-28)26-23(29)21-19(15-6-7-15)20(27-31-21)16-4-2-1-3-5-16/h1-5,12,14-15H,6-11H2,(H,26,29). The van der Waals surface area contributed by atoms with Gasteiger partial charge in [-0.25, -0.2) is 4.98 Å². The van der Waals surface area contributed by atoms with Gasteiger partial charge in [-0.3, -0.25) is 4.79 Å². The molecule has 1 aliphatic carbocycles. The Morgan fingerprint density at radius 3 is 2.71 bits per heavy atom. The molecule has 0 radical (unpaired) electrons. The van der Waals surface area contributed by atoms with Crippen molar-refractivity contribution in [3.63, 3.8) is 0 Å². The molecule has 0 unspecified atom stereocenters. The van der Waals surface area contributed by atoms with Gasteiger partial charge in [0.25, 0.3) is 5.91 Å². The average molecular weight is 432 g/mol. The Morgan fingerprint density at radius 2 is 2.00 bits per heavy atom. The molecule has 2 aromatic heterocycles. The fraction of sp³-hybridized carbons (Fsp3) is 0.304. The van der Waals surface area contributed by atoms with Crippen LogP contribution < -0.4 is 10.2 Å². The molecular weight excluding hydrogens is 410 g/mol. The van der Waals surface area contributed by atoms with E-state index in [4.69, 9.17) is 4.74 Å². The van der Waals surface area contributed by atoms with Crippen LogP contribution in [0.4, 0.5) is 11.5 Å².